The fraction of sp³-hybridized carbons (Fsp3) is 0.833. The lowest BCUT2D eigenvalue weighted by Crippen LogP contribution is -2.57. The topological polar surface area (TPSA) is 29.9 Å². The monoisotopic (exact) mass is 291 g/mol. The number of rotatable bonds is 6. The number of hydrogen-bond donors (Lipinski definition) is 1. The van der Waals surface area contributed by atoms with Gasteiger partial charge < -0.3 is 5.32 Å². The molecular formula is C18H33N3. The van der Waals surface area contributed by atoms with Gasteiger partial charge in [0, 0.05) is 17.8 Å². The first-order chi connectivity index (χ1) is 9.86. The van der Waals surface area contributed by atoms with Gasteiger partial charge in [0.1, 0.15) is 0 Å². The zero-order chi connectivity index (χ0) is 15.8. The highest BCUT2D eigenvalue weighted by Crippen LogP contribution is 2.56. The van der Waals surface area contributed by atoms with E-state index < -0.39 is 0 Å². The summed E-state index contributed by atoms with van der Waals surface area (Å²) in [5.74, 6) is 0.657. The molecule has 0 amide bonds. The molecule has 3 unspecified atom stereocenters. The van der Waals surface area contributed by atoms with Crippen molar-refractivity contribution >= 4 is 0 Å². The zero-order valence-corrected chi connectivity index (χ0v) is 15.0. The van der Waals surface area contributed by atoms with E-state index in [1.807, 2.05) is 0 Å². The van der Waals surface area contributed by atoms with Crippen LogP contribution in [0.5, 0.6) is 0 Å². The van der Waals surface area contributed by atoms with Crippen molar-refractivity contribution < 1.29 is 0 Å². The highest BCUT2D eigenvalue weighted by molar-refractivity contribution is 5.35. The van der Waals surface area contributed by atoms with Crippen LogP contribution in [0.3, 0.4) is 0 Å². The van der Waals surface area contributed by atoms with Gasteiger partial charge >= 0.3 is 0 Å². The van der Waals surface area contributed by atoms with Crippen LogP contribution in [0.25, 0.3) is 0 Å². The van der Waals surface area contributed by atoms with Crippen molar-refractivity contribution in [1.29, 1.82) is 0 Å². The maximum Gasteiger partial charge on any atom is 0.0631 e. The summed E-state index contributed by atoms with van der Waals surface area (Å²) < 4.78 is 2.20. The first-order valence-electron chi connectivity index (χ1n) is 8.65. The van der Waals surface area contributed by atoms with E-state index in [9.17, 15) is 0 Å². The Morgan fingerprint density at radius 3 is 2.48 bits per heavy atom. The minimum absolute atomic E-state index is 0.371. The molecule has 0 aliphatic heterocycles. The molecule has 1 aliphatic carbocycles. The summed E-state index contributed by atoms with van der Waals surface area (Å²) in [7, 11) is 0. The highest BCUT2D eigenvalue weighted by Gasteiger charge is 2.51. The van der Waals surface area contributed by atoms with Gasteiger partial charge in [-0.05, 0) is 70.4 Å². The number of nitrogens with one attached hydrogen (secondary N) is 1. The van der Waals surface area contributed by atoms with Crippen LogP contribution >= 0.6 is 0 Å². The molecule has 0 bridgehead atoms. The predicted molar refractivity (Wildman–Crippen MR) is 89.9 cm³/mol. The van der Waals surface area contributed by atoms with E-state index in [1.54, 1.807) is 0 Å². The smallest absolute Gasteiger partial charge is 0.0631 e. The van der Waals surface area contributed by atoms with Gasteiger partial charge in [0.25, 0.3) is 0 Å². The summed E-state index contributed by atoms with van der Waals surface area (Å²) in [6.45, 7) is 17.0. The van der Waals surface area contributed by atoms with Crippen LogP contribution in [0.15, 0.2) is 0 Å². The van der Waals surface area contributed by atoms with Crippen LogP contribution < -0.4 is 5.32 Å². The Bertz CT molecular complexity index is 489. The second kappa shape index (κ2) is 6.12. The maximum atomic E-state index is 4.80. The number of hydrogen-bond acceptors (Lipinski definition) is 2. The SMILES string of the molecule is CCCNC1CC(c2c(C)nn(C(C)C)c2C)C1(C)CC. The van der Waals surface area contributed by atoms with E-state index in [2.05, 4.69) is 58.5 Å². The summed E-state index contributed by atoms with van der Waals surface area (Å²) in [5.41, 5.74) is 4.50. The summed E-state index contributed by atoms with van der Waals surface area (Å²) in [6, 6.07) is 1.10. The Labute approximate surface area is 130 Å². The van der Waals surface area contributed by atoms with Crippen LogP contribution in [-0.2, 0) is 0 Å². The molecule has 1 aromatic heterocycles. The zero-order valence-electron chi connectivity index (χ0n) is 15.0. The van der Waals surface area contributed by atoms with Crippen molar-refractivity contribution in [3.8, 4) is 0 Å². The lowest BCUT2D eigenvalue weighted by molar-refractivity contribution is 0.0437. The summed E-state index contributed by atoms with van der Waals surface area (Å²) in [6.07, 6.45) is 3.70. The van der Waals surface area contributed by atoms with Crippen molar-refractivity contribution in [3.63, 3.8) is 0 Å². The average molecular weight is 291 g/mol. The first kappa shape index (κ1) is 16.5. The molecule has 0 saturated heterocycles. The molecule has 0 radical (unpaired) electrons. The van der Waals surface area contributed by atoms with Crippen LogP contribution in [-0.4, -0.2) is 22.4 Å². The molecule has 1 aliphatic rings. The predicted octanol–water partition coefficient (Wildman–Crippen LogP) is 4.35. The molecule has 1 heterocycles. The van der Waals surface area contributed by atoms with Crippen molar-refractivity contribution in [2.45, 2.75) is 85.7 Å². The van der Waals surface area contributed by atoms with Crippen molar-refractivity contribution in [2.75, 3.05) is 6.54 Å². The number of nitrogens with zero attached hydrogens (tertiary/aromatic N) is 2. The van der Waals surface area contributed by atoms with Gasteiger partial charge in [0.15, 0.2) is 0 Å². The minimum Gasteiger partial charge on any atom is -0.313 e. The molecule has 1 N–H and O–H groups in total. The first-order valence-corrected chi connectivity index (χ1v) is 8.65. The van der Waals surface area contributed by atoms with E-state index in [0.29, 0.717) is 23.4 Å². The third-order valence-corrected chi connectivity index (χ3v) is 5.68. The van der Waals surface area contributed by atoms with E-state index in [-0.39, 0.29) is 0 Å². The molecule has 3 nitrogen and oxygen atoms in total. The number of aryl methyl sites for hydroxylation is 1. The molecule has 0 aromatic carbocycles. The minimum atomic E-state index is 0.371. The Balaban J connectivity index is 2.27. The largest absolute Gasteiger partial charge is 0.313 e. The van der Waals surface area contributed by atoms with E-state index in [0.717, 1.165) is 6.54 Å². The highest BCUT2D eigenvalue weighted by atomic mass is 15.3. The summed E-state index contributed by atoms with van der Waals surface area (Å²) >= 11 is 0. The third-order valence-electron chi connectivity index (χ3n) is 5.68. The Morgan fingerprint density at radius 1 is 1.33 bits per heavy atom. The van der Waals surface area contributed by atoms with Crippen LogP contribution in [0.1, 0.15) is 82.8 Å². The van der Waals surface area contributed by atoms with Gasteiger partial charge in [-0.15, -0.1) is 0 Å². The van der Waals surface area contributed by atoms with E-state index in [1.165, 1.54) is 36.2 Å². The van der Waals surface area contributed by atoms with Crippen LogP contribution in [0.4, 0.5) is 0 Å². The second-order valence-corrected chi connectivity index (χ2v) is 7.28. The third kappa shape index (κ3) is 2.65. The van der Waals surface area contributed by atoms with E-state index in [4.69, 9.17) is 5.10 Å². The van der Waals surface area contributed by atoms with Crippen LogP contribution in [0, 0.1) is 19.3 Å². The molecule has 3 atom stereocenters. The molecule has 1 saturated carbocycles. The quantitative estimate of drug-likeness (QED) is 0.844. The van der Waals surface area contributed by atoms with Gasteiger partial charge in [-0.25, -0.2) is 0 Å². The number of aromatic nitrogens is 2. The average Bonchev–Trinajstić information content (AvgIpc) is 2.73. The van der Waals surface area contributed by atoms with Gasteiger partial charge in [-0.1, -0.05) is 20.8 Å². The summed E-state index contributed by atoms with van der Waals surface area (Å²) in [5, 5.41) is 8.55. The molecule has 0 spiro atoms. The normalized spacial score (nSPS) is 29.0. The molecule has 3 heteroatoms. The fourth-order valence-electron chi connectivity index (χ4n) is 4.11. The summed E-state index contributed by atoms with van der Waals surface area (Å²) in [4.78, 5) is 0. The fourth-order valence-corrected chi connectivity index (χ4v) is 4.11. The van der Waals surface area contributed by atoms with Gasteiger partial charge in [-0.3, -0.25) is 4.68 Å². The van der Waals surface area contributed by atoms with Gasteiger partial charge in [0.2, 0.25) is 0 Å². The molecule has 1 fully saturated rings. The molecule has 2 rings (SSSR count). The Kier molecular flexibility index (Phi) is 4.82. The lowest BCUT2D eigenvalue weighted by atomic mass is 9.53. The van der Waals surface area contributed by atoms with E-state index >= 15 is 0 Å². The Morgan fingerprint density at radius 2 is 2.00 bits per heavy atom. The standard InChI is InChI=1S/C18H33N3/c1-8-10-19-16-11-15(18(16,7)9-2)17-13(5)20-21(12(3)4)14(17)6/h12,15-16,19H,8-11H2,1-7H3. The van der Waals surface area contributed by atoms with Gasteiger partial charge in [-0.2, -0.15) is 5.10 Å². The molecular weight excluding hydrogens is 258 g/mol. The lowest BCUT2D eigenvalue weighted by Gasteiger charge is -2.55. The second-order valence-electron chi connectivity index (χ2n) is 7.28. The van der Waals surface area contributed by atoms with Crippen molar-refractivity contribution in [1.82, 2.24) is 15.1 Å². The van der Waals surface area contributed by atoms with Crippen LogP contribution in [0.2, 0.25) is 0 Å². The van der Waals surface area contributed by atoms with Crippen molar-refractivity contribution in [3.05, 3.63) is 17.0 Å². The maximum absolute atomic E-state index is 4.80. The van der Waals surface area contributed by atoms with Crippen molar-refractivity contribution in [2.24, 2.45) is 5.41 Å². The molecule has 1 aromatic rings. The van der Waals surface area contributed by atoms with Gasteiger partial charge in [0.05, 0.1) is 5.69 Å². The Hall–Kier alpha value is -0.830. The molecule has 120 valence electrons. The molecule has 21 heavy (non-hydrogen) atoms.